The Bertz CT molecular complexity index is 548. The van der Waals surface area contributed by atoms with Gasteiger partial charge in [0.1, 0.15) is 5.75 Å². The molecule has 2 aromatic rings. The van der Waals surface area contributed by atoms with Crippen molar-refractivity contribution in [3.8, 4) is 5.75 Å². The lowest BCUT2D eigenvalue weighted by Crippen LogP contribution is -2.10. The van der Waals surface area contributed by atoms with Crippen molar-refractivity contribution < 1.29 is 9.84 Å². The molecule has 0 aliphatic heterocycles. The molecule has 0 aliphatic rings. The summed E-state index contributed by atoms with van der Waals surface area (Å²) < 4.78 is 5.73. The molecule has 2 heteroatoms. The zero-order valence-electron chi connectivity index (χ0n) is 14.2. The molecule has 0 radical (unpaired) electrons. The van der Waals surface area contributed by atoms with Crippen LogP contribution in [0.15, 0.2) is 54.6 Å². The van der Waals surface area contributed by atoms with E-state index in [-0.39, 0.29) is 5.92 Å². The van der Waals surface area contributed by atoms with Gasteiger partial charge in [0.25, 0.3) is 0 Å². The standard InChI is InChI=1S/C21H28O2/c1-3-5-9-16-23-19-14-12-18(13-15-19)21(22)20(4-2)17-10-7-6-8-11-17/h6-8,10-15,20-22H,3-5,9,16H2,1-2H3. The van der Waals surface area contributed by atoms with E-state index in [0.717, 1.165) is 30.8 Å². The summed E-state index contributed by atoms with van der Waals surface area (Å²) in [5.74, 6) is 0.998. The Morgan fingerprint density at radius 2 is 1.57 bits per heavy atom. The normalized spacial score (nSPS) is 13.5. The summed E-state index contributed by atoms with van der Waals surface area (Å²) in [7, 11) is 0. The number of ether oxygens (including phenoxy) is 1. The molecular weight excluding hydrogens is 284 g/mol. The van der Waals surface area contributed by atoms with Crippen LogP contribution in [-0.4, -0.2) is 11.7 Å². The van der Waals surface area contributed by atoms with Crippen molar-refractivity contribution >= 4 is 0 Å². The summed E-state index contributed by atoms with van der Waals surface area (Å²) in [6, 6.07) is 18.1. The first-order valence-electron chi connectivity index (χ1n) is 8.72. The molecule has 0 heterocycles. The van der Waals surface area contributed by atoms with Gasteiger partial charge in [0.2, 0.25) is 0 Å². The maximum atomic E-state index is 10.7. The topological polar surface area (TPSA) is 29.5 Å². The van der Waals surface area contributed by atoms with Crippen molar-refractivity contribution in [1.29, 1.82) is 0 Å². The van der Waals surface area contributed by atoms with Crippen molar-refractivity contribution in [3.05, 3.63) is 65.7 Å². The van der Waals surface area contributed by atoms with Crippen LogP contribution in [0.2, 0.25) is 0 Å². The molecule has 0 fully saturated rings. The second kappa shape index (κ2) is 9.36. The summed E-state index contributed by atoms with van der Waals surface area (Å²) in [6.45, 7) is 5.07. The Morgan fingerprint density at radius 3 is 2.17 bits per heavy atom. The first kappa shape index (κ1) is 17.6. The van der Waals surface area contributed by atoms with Gasteiger partial charge in [0, 0.05) is 5.92 Å². The van der Waals surface area contributed by atoms with E-state index in [1.54, 1.807) is 0 Å². The Labute approximate surface area is 140 Å². The minimum atomic E-state index is -0.489. The van der Waals surface area contributed by atoms with E-state index in [0.29, 0.717) is 0 Å². The van der Waals surface area contributed by atoms with Crippen molar-refractivity contribution in [1.82, 2.24) is 0 Å². The average Bonchev–Trinajstić information content (AvgIpc) is 2.61. The predicted octanol–water partition coefficient (Wildman–Crippen LogP) is 5.48. The number of benzene rings is 2. The molecule has 2 atom stereocenters. The quantitative estimate of drug-likeness (QED) is 0.621. The fourth-order valence-corrected chi connectivity index (χ4v) is 2.88. The summed E-state index contributed by atoms with van der Waals surface area (Å²) >= 11 is 0. The Hall–Kier alpha value is -1.80. The molecule has 0 aromatic heterocycles. The molecule has 0 amide bonds. The fourth-order valence-electron chi connectivity index (χ4n) is 2.88. The molecule has 2 nitrogen and oxygen atoms in total. The monoisotopic (exact) mass is 312 g/mol. The summed E-state index contributed by atoms with van der Waals surface area (Å²) in [5.41, 5.74) is 2.13. The van der Waals surface area contributed by atoms with E-state index in [1.165, 1.54) is 18.4 Å². The average molecular weight is 312 g/mol. The highest BCUT2D eigenvalue weighted by Gasteiger charge is 2.20. The highest BCUT2D eigenvalue weighted by molar-refractivity contribution is 5.31. The van der Waals surface area contributed by atoms with Gasteiger partial charge in [-0.05, 0) is 36.1 Å². The van der Waals surface area contributed by atoms with Crippen LogP contribution in [0.4, 0.5) is 0 Å². The van der Waals surface area contributed by atoms with Gasteiger partial charge in [-0.2, -0.15) is 0 Å². The van der Waals surface area contributed by atoms with Gasteiger partial charge in [-0.25, -0.2) is 0 Å². The van der Waals surface area contributed by atoms with Gasteiger partial charge in [0.15, 0.2) is 0 Å². The molecule has 0 spiro atoms. The number of unbranched alkanes of at least 4 members (excludes halogenated alkanes) is 2. The lowest BCUT2D eigenvalue weighted by Gasteiger charge is -2.22. The third-order valence-electron chi connectivity index (χ3n) is 4.29. The van der Waals surface area contributed by atoms with Crippen LogP contribution < -0.4 is 4.74 Å². The Balaban J connectivity index is 2.00. The minimum absolute atomic E-state index is 0.118. The fraction of sp³-hybridized carbons (Fsp3) is 0.429. The molecule has 1 N–H and O–H groups in total. The van der Waals surface area contributed by atoms with E-state index in [2.05, 4.69) is 26.0 Å². The predicted molar refractivity (Wildman–Crippen MR) is 95.9 cm³/mol. The van der Waals surface area contributed by atoms with Crippen molar-refractivity contribution in [2.75, 3.05) is 6.61 Å². The van der Waals surface area contributed by atoms with Crippen LogP contribution in [0, 0.1) is 0 Å². The molecule has 0 saturated heterocycles. The smallest absolute Gasteiger partial charge is 0.119 e. The second-order valence-electron chi connectivity index (χ2n) is 5.99. The molecule has 2 aromatic carbocycles. The first-order chi connectivity index (χ1) is 11.3. The molecule has 0 saturated carbocycles. The minimum Gasteiger partial charge on any atom is -0.494 e. The Kier molecular flexibility index (Phi) is 7.15. The number of rotatable bonds is 9. The second-order valence-corrected chi connectivity index (χ2v) is 5.99. The van der Waals surface area contributed by atoms with Gasteiger partial charge >= 0.3 is 0 Å². The van der Waals surface area contributed by atoms with Crippen LogP contribution in [0.1, 0.15) is 62.7 Å². The number of hydrogen-bond acceptors (Lipinski definition) is 2. The van der Waals surface area contributed by atoms with Crippen LogP contribution in [0.3, 0.4) is 0 Å². The van der Waals surface area contributed by atoms with E-state index in [1.807, 2.05) is 42.5 Å². The SMILES string of the molecule is CCCCCOc1ccc(C(O)C(CC)c2ccccc2)cc1. The molecule has 0 aliphatic carbocycles. The van der Waals surface area contributed by atoms with E-state index < -0.39 is 6.10 Å². The van der Waals surface area contributed by atoms with Crippen molar-refractivity contribution in [2.45, 2.75) is 51.6 Å². The van der Waals surface area contributed by atoms with Crippen molar-refractivity contribution in [3.63, 3.8) is 0 Å². The van der Waals surface area contributed by atoms with Crippen LogP contribution in [0.25, 0.3) is 0 Å². The lowest BCUT2D eigenvalue weighted by molar-refractivity contribution is 0.142. The molecule has 2 unspecified atom stereocenters. The summed E-state index contributed by atoms with van der Waals surface area (Å²) in [4.78, 5) is 0. The highest BCUT2D eigenvalue weighted by atomic mass is 16.5. The number of aliphatic hydroxyl groups is 1. The third kappa shape index (κ3) is 5.11. The number of hydrogen-bond donors (Lipinski definition) is 1. The lowest BCUT2D eigenvalue weighted by atomic mass is 9.87. The van der Waals surface area contributed by atoms with Crippen LogP contribution >= 0.6 is 0 Å². The van der Waals surface area contributed by atoms with Gasteiger partial charge in [-0.1, -0.05) is 69.2 Å². The van der Waals surface area contributed by atoms with Crippen LogP contribution in [0.5, 0.6) is 5.75 Å². The first-order valence-corrected chi connectivity index (χ1v) is 8.72. The molecule has 23 heavy (non-hydrogen) atoms. The highest BCUT2D eigenvalue weighted by Crippen LogP contribution is 2.34. The largest absolute Gasteiger partial charge is 0.494 e. The van der Waals surface area contributed by atoms with Gasteiger partial charge in [-0.3, -0.25) is 0 Å². The zero-order chi connectivity index (χ0) is 16.5. The Morgan fingerprint density at radius 1 is 0.870 bits per heavy atom. The molecule has 2 rings (SSSR count). The third-order valence-corrected chi connectivity index (χ3v) is 4.29. The maximum Gasteiger partial charge on any atom is 0.119 e. The number of aliphatic hydroxyl groups excluding tert-OH is 1. The molecule has 124 valence electrons. The van der Waals surface area contributed by atoms with Crippen LogP contribution in [-0.2, 0) is 0 Å². The van der Waals surface area contributed by atoms with Gasteiger partial charge < -0.3 is 9.84 Å². The maximum absolute atomic E-state index is 10.7. The molecular formula is C21H28O2. The van der Waals surface area contributed by atoms with Gasteiger partial charge in [-0.15, -0.1) is 0 Å². The summed E-state index contributed by atoms with van der Waals surface area (Å²) in [6.07, 6.45) is 3.91. The van der Waals surface area contributed by atoms with E-state index in [4.69, 9.17) is 4.74 Å². The summed E-state index contributed by atoms with van der Waals surface area (Å²) in [5, 5.41) is 10.7. The molecule has 0 bridgehead atoms. The van der Waals surface area contributed by atoms with Gasteiger partial charge in [0.05, 0.1) is 12.7 Å². The van der Waals surface area contributed by atoms with Crippen molar-refractivity contribution in [2.24, 2.45) is 0 Å². The van der Waals surface area contributed by atoms with E-state index in [9.17, 15) is 5.11 Å². The zero-order valence-corrected chi connectivity index (χ0v) is 14.2. The van der Waals surface area contributed by atoms with E-state index >= 15 is 0 Å².